The second-order valence-electron chi connectivity index (χ2n) is 4.86. The van der Waals surface area contributed by atoms with Crippen LogP contribution in [0.4, 0.5) is 0 Å². The summed E-state index contributed by atoms with van der Waals surface area (Å²) in [4.78, 5) is 0. The maximum atomic E-state index is 5.15. The van der Waals surface area contributed by atoms with E-state index in [0.717, 1.165) is 24.5 Å². The Morgan fingerprint density at radius 3 is 2.53 bits per heavy atom. The fourth-order valence-electron chi connectivity index (χ4n) is 2.48. The Bertz CT molecular complexity index is 344. The first-order valence-electron chi connectivity index (χ1n) is 6.68. The van der Waals surface area contributed by atoms with Crippen molar-refractivity contribution in [2.75, 3.05) is 7.11 Å². The van der Waals surface area contributed by atoms with E-state index in [1.165, 1.54) is 31.2 Å². The third kappa shape index (κ3) is 3.92. The molecule has 0 N–H and O–H groups in total. The molecule has 1 heteroatoms. The van der Waals surface area contributed by atoms with E-state index < -0.39 is 0 Å². The van der Waals surface area contributed by atoms with E-state index >= 15 is 0 Å². The molecule has 1 aliphatic carbocycles. The van der Waals surface area contributed by atoms with Gasteiger partial charge >= 0.3 is 0 Å². The van der Waals surface area contributed by atoms with Gasteiger partial charge in [0.15, 0.2) is 0 Å². The quantitative estimate of drug-likeness (QED) is 0.682. The first-order valence-corrected chi connectivity index (χ1v) is 6.68. The summed E-state index contributed by atoms with van der Waals surface area (Å²) in [5.41, 5.74) is 1.39. The van der Waals surface area contributed by atoms with Gasteiger partial charge in [-0.25, -0.2) is 0 Å². The molecule has 0 aromatic heterocycles. The number of aryl methyl sites for hydroxylation is 1. The van der Waals surface area contributed by atoms with Crippen molar-refractivity contribution in [3.8, 4) is 5.75 Å². The maximum absolute atomic E-state index is 5.15. The Morgan fingerprint density at radius 2 is 1.88 bits per heavy atom. The van der Waals surface area contributed by atoms with E-state index in [-0.39, 0.29) is 0 Å². The van der Waals surface area contributed by atoms with Crippen molar-refractivity contribution in [3.05, 3.63) is 42.0 Å². The Labute approximate surface area is 104 Å². The number of allylic oxidation sites excluding steroid dienone is 2. The van der Waals surface area contributed by atoms with Gasteiger partial charge < -0.3 is 4.74 Å². The van der Waals surface area contributed by atoms with Crippen molar-refractivity contribution in [1.82, 2.24) is 0 Å². The predicted molar refractivity (Wildman–Crippen MR) is 72.4 cm³/mol. The van der Waals surface area contributed by atoms with Crippen LogP contribution in [0, 0.1) is 5.92 Å². The standard InChI is InChI=1S/C16H22O/c1-17-16-12-10-15(11-13-16)9-5-4-8-14-6-2-3-7-14/h4,8,10-14H,2-3,5-7,9H2,1H3/b8-4+. The van der Waals surface area contributed by atoms with Gasteiger partial charge in [0.1, 0.15) is 5.75 Å². The van der Waals surface area contributed by atoms with Crippen molar-refractivity contribution >= 4 is 0 Å². The second kappa shape index (κ2) is 6.48. The van der Waals surface area contributed by atoms with Gasteiger partial charge in [0, 0.05) is 0 Å². The van der Waals surface area contributed by atoms with Crippen LogP contribution in [0.1, 0.15) is 37.7 Å². The van der Waals surface area contributed by atoms with Gasteiger partial charge in [0.25, 0.3) is 0 Å². The van der Waals surface area contributed by atoms with E-state index in [0.29, 0.717) is 0 Å². The summed E-state index contributed by atoms with van der Waals surface area (Å²) in [6.07, 6.45) is 12.7. The van der Waals surface area contributed by atoms with Crippen LogP contribution in [-0.2, 0) is 6.42 Å². The van der Waals surface area contributed by atoms with Crippen LogP contribution in [0.15, 0.2) is 36.4 Å². The zero-order valence-corrected chi connectivity index (χ0v) is 10.7. The number of methoxy groups -OCH3 is 1. The molecule has 17 heavy (non-hydrogen) atoms. The topological polar surface area (TPSA) is 9.23 Å². The molecule has 92 valence electrons. The molecule has 0 aliphatic heterocycles. The lowest BCUT2D eigenvalue weighted by atomic mass is 10.1. The molecule has 0 spiro atoms. The van der Waals surface area contributed by atoms with Crippen LogP contribution < -0.4 is 4.74 Å². The van der Waals surface area contributed by atoms with Crippen LogP contribution >= 0.6 is 0 Å². The van der Waals surface area contributed by atoms with E-state index in [1.54, 1.807) is 7.11 Å². The molecule has 0 radical (unpaired) electrons. The number of benzene rings is 1. The second-order valence-corrected chi connectivity index (χ2v) is 4.86. The molecular formula is C16H22O. The molecule has 1 aliphatic rings. The van der Waals surface area contributed by atoms with Crippen LogP contribution in [0.5, 0.6) is 5.75 Å². The molecule has 0 saturated heterocycles. The van der Waals surface area contributed by atoms with Crippen molar-refractivity contribution in [2.45, 2.75) is 38.5 Å². The zero-order chi connectivity index (χ0) is 11.9. The van der Waals surface area contributed by atoms with Gasteiger partial charge in [0.2, 0.25) is 0 Å². The van der Waals surface area contributed by atoms with Gasteiger partial charge in [-0.05, 0) is 49.3 Å². The third-order valence-corrected chi connectivity index (χ3v) is 3.57. The minimum Gasteiger partial charge on any atom is -0.497 e. The van der Waals surface area contributed by atoms with Gasteiger partial charge in [-0.2, -0.15) is 0 Å². The highest BCUT2D eigenvalue weighted by Gasteiger charge is 2.10. The van der Waals surface area contributed by atoms with Crippen LogP contribution in [0.25, 0.3) is 0 Å². The number of hydrogen-bond donors (Lipinski definition) is 0. The fourth-order valence-corrected chi connectivity index (χ4v) is 2.48. The molecule has 2 rings (SSSR count). The lowest BCUT2D eigenvalue weighted by molar-refractivity contribution is 0.414. The molecule has 1 saturated carbocycles. The van der Waals surface area contributed by atoms with E-state index in [1.807, 2.05) is 12.1 Å². The molecule has 1 aromatic carbocycles. The average molecular weight is 230 g/mol. The highest BCUT2D eigenvalue weighted by molar-refractivity contribution is 5.27. The number of ether oxygens (including phenoxy) is 1. The molecule has 1 fully saturated rings. The normalized spacial score (nSPS) is 16.8. The zero-order valence-electron chi connectivity index (χ0n) is 10.7. The number of rotatable bonds is 5. The summed E-state index contributed by atoms with van der Waals surface area (Å²) in [5.74, 6) is 1.81. The summed E-state index contributed by atoms with van der Waals surface area (Å²) in [7, 11) is 1.71. The SMILES string of the molecule is COc1ccc(CC/C=C/C2CCCC2)cc1. The van der Waals surface area contributed by atoms with Crippen LogP contribution in [0.2, 0.25) is 0 Å². The summed E-state index contributed by atoms with van der Waals surface area (Å²) in [5, 5.41) is 0. The predicted octanol–water partition coefficient (Wildman–Crippen LogP) is 4.37. The first kappa shape index (κ1) is 12.2. The lowest BCUT2D eigenvalue weighted by Crippen LogP contribution is -1.88. The lowest BCUT2D eigenvalue weighted by Gasteiger charge is -2.02. The monoisotopic (exact) mass is 230 g/mol. The van der Waals surface area contributed by atoms with E-state index in [2.05, 4.69) is 24.3 Å². The molecule has 0 amide bonds. The average Bonchev–Trinajstić information content (AvgIpc) is 2.88. The van der Waals surface area contributed by atoms with Gasteiger partial charge in [-0.3, -0.25) is 0 Å². The Hall–Kier alpha value is -1.24. The Kier molecular flexibility index (Phi) is 4.66. The summed E-state index contributed by atoms with van der Waals surface area (Å²) >= 11 is 0. The Morgan fingerprint density at radius 1 is 1.18 bits per heavy atom. The largest absolute Gasteiger partial charge is 0.497 e. The van der Waals surface area contributed by atoms with Crippen molar-refractivity contribution in [3.63, 3.8) is 0 Å². The highest BCUT2D eigenvalue weighted by atomic mass is 16.5. The van der Waals surface area contributed by atoms with Gasteiger partial charge in [-0.1, -0.05) is 37.1 Å². The minimum absolute atomic E-state index is 0.867. The van der Waals surface area contributed by atoms with Gasteiger partial charge in [0.05, 0.1) is 7.11 Å². The maximum Gasteiger partial charge on any atom is 0.118 e. The van der Waals surface area contributed by atoms with Crippen molar-refractivity contribution in [1.29, 1.82) is 0 Å². The molecule has 1 nitrogen and oxygen atoms in total. The summed E-state index contributed by atoms with van der Waals surface area (Å²) < 4.78 is 5.15. The molecule has 0 atom stereocenters. The fraction of sp³-hybridized carbons (Fsp3) is 0.500. The summed E-state index contributed by atoms with van der Waals surface area (Å²) in [6, 6.07) is 8.39. The smallest absolute Gasteiger partial charge is 0.118 e. The molecule has 0 bridgehead atoms. The molecule has 0 heterocycles. The highest BCUT2D eigenvalue weighted by Crippen LogP contribution is 2.25. The Balaban J connectivity index is 1.73. The molecule has 0 unspecified atom stereocenters. The third-order valence-electron chi connectivity index (χ3n) is 3.57. The van der Waals surface area contributed by atoms with Crippen molar-refractivity contribution < 1.29 is 4.74 Å². The molecular weight excluding hydrogens is 208 g/mol. The molecule has 1 aromatic rings. The minimum atomic E-state index is 0.867. The van der Waals surface area contributed by atoms with Crippen LogP contribution in [0.3, 0.4) is 0 Å². The van der Waals surface area contributed by atoms with Gasteiger partial charge in [-0.15, -0.1) is 0 Å². The summed E-state index contributed by atoms with van der Waals surface area (Å²) in [6.45, 7) is 0. The van der Waals surface area contributed by atoms with E-state index in [9.17, 15) is 0 Å². The first-order chi connectivity index (χ1) is 8.38. The van der Waals surface area contributed by atoms with Crippen LogP contribution in [-0.4, -0.2) is 7.11 Å². The van der Waals surface area contributed by atoms with Crippen molar-refractivity contribution in [2.24, 2.45) is 5.92 Å². The van der Waals surface area contributed by atoms with E-state index in [4.69, 9.17) is 4.74 Å². The number of hydrogen-bond acceptors (Lipinski definition) is 1.